The lowest BCUT2D eigenvalue weighted by atomic mass is 10.1. The molecule has 2 aromatic carbocycles. The first-order valence-corrected chi connectivity index (χ1v) is 7.41. The highest BCUT2D eigenvalue weighted by molar-refractivity contribution is 9.10. The molecule has 0 atom stereocenters. The third-order valence-corrected chi connectivity index (χ3v) is 4.40. The Morgan fingerprint density at radius 2 is 1.90 bits per heavy atom. The van der Waals surface area contributed by atoms with E-state index in [4.69, 9.17) is 4.42 Å². The molecule has 0 fully saturated rings. The van der Waals surface area contributed by atoms with Gasteiger partial charge in [0.25, 0.3) is 0 Å². The molecule has 0 aliphatic carbocycles. The normalized spacial score (nSPS) is 10.9. The van der Waals surface area contributed by atoms with E-state index in [0.29, 0.717) is 0 Å². The van der Waals surface area contributed by atoms with Gasteiger partial charge in [0.1, 0.15) is 11.3 Å². The van der Waals surface area contributed by atoms with E-state index in [-0.39, 0.29) is 0 Å². The fourth-order valence-corrected chi connectivity index (χ4v) is 2.71. The van der Waals surface area contributed by atoms with E-state index in [1.165, 1.54) is 16.5 Å². The molecule has 0 unspecified atom stereocenters. The summed E-state index contributed by atoms with van der Waals surface area (Å²) in [5, 5.41) is 4.64. The Morgan fingerprint density at radius 3 is 2.70 bits per heavy atom. The van der Waals surface area contributed by atoms with Crippen molar-refractivity contribution >= 4 is 32.6 Å². The standard InChI is InChI=1S/C17H16BrNO/c1-11-7-8-13(9-16(11)18)19-10-15-12(2)20-17-6-4-3-5-14(15)17/h3-9,19H,10H2,1-2H3. The van der Waals surface area contributed by atoms with Gasteiger partial charge >= 0.3 is 0 Å². The van der Waals surface area contributed by atoms with Crippen LogP contribution in [-0.4, -0.2) is 0 Å². The average Bonchev–Trinajstić information content (AvgIpc) is 2.76. The summed E-state index contributed by atoms with van der Waals surface area (Å²) >= 11 is 3.56. The molecule has 0 saturated carbocycles. The summed E-state index contributed by atoms with van der Waals surface area (Å²) in [6.45, 7) is 4.86. The minimum absolute atomic E-state index is 0.762. The van der Waals surface area contributed by atoms with Gasteiger partial charge in [-0.3, -0.25) is 0 Å². The number of anilines is 1. The van der Waals surface area contributed by atoms with Gasteiger partial charge in [-0.1, -0.05) is 40.2 Å². The number of rotatable bonds is 3. The van der Waals surface area contributed by atoms with Crippen LogP contribution in [0.1, 0.15) is 16.9 Å². The van der Waals surface area contributed by atoms with Crippen LogP contribution in [0.5, 0.6) is 0 Å². The predicted molar refractivity (Wildman–Crippen MR) is 87.2 cm³/mol. The van der Waals surface area contributed by atoms with Crippen LogP contribution in [0, 0.1) is 13.8 Å². The van der Waals surface area contributed by atoms with Crippen molar-refractivity contribution in [1.82, 2.24) is 0 Å². The van der Waals surface area contributed by atoms with Crippen LogP contribution in [0.25, 0.3) is 11.0 Å². The zero-order valence-corrected chi connectivity index (χ0v) is 13.1. The van der Waals surface area contributed by atoms with E-state index in [9.17, 15) is 0 Å². The van der Waals surface area contributed by atoms with E-state index >= 15 is 0 Å². The molecular weight excluding hydrogens is 314 g/mol. The van der Waals surface area contributed by atoms with Crippen molar-refractivity contribution in [3.8, 4) is 0 Å². The second kappa shape index (κ2) is 5.33. The van der Waals surface area contributed by atoms with E-state index < -0.39 is 0 Å². The maximum Gasteiger partial charge on any atom is 0.134 e. The number of fused-ring (bicyclic) bond motifs is 1. The van der Waals surface area contributed by atoms with E-state index in [2.05, 4.69) is 52.4 Å². The Balaban J connectivity index is 1.86. The van der Waals surface area contributed by atoms with Crippen molar-refractivity contribution in [2.75, 3.05) is 5.32 Å². The molecule has 20 heavy (non-hydrogen) atoms. The first kappa shape index (κ1) is 13.3. The highest BCUT2D eigenvalue weighted by atomic mass is 79.9. The number of furan rings is 1. The van der Waals surface area contributed by atoms with Crippen LogP contribution < -0.4 is 5.32 Å². The number of hydrogen-bond donors (Lipinski definition) is 1. The molecule has 0 amide bonds. The van der Waals surface area contributed by atoms with E-state index in [0.717, 1.165) is 28.0 Å². The quantitative estimate of drug-likeness (QED) is 0.693. The minimum Gasteiger partial charge on any atom is -0.461 e. The smallest absolute Gasteiger partial charge is 0.134 e. The SMILES string of the molecule is Cc1ccc(NCc2c(C)oc3ccccc23)cc1Br. The molecule has 0 aliphatic rings. The molecule has 1 aromatic heterocycles. The number of hydrogen-bond acceptors (Lipinski definition) is 2. The third kappa shape index (κ3) is 2.46. The van der Waals surface area contributed by atoms with Gasteiger partial charge in [-0.05, 0) is 37.6 Å². The van der Waals surface area contributed by atoms with Crippen LogP contribution in [-0.2, 0) is 6.54 Å². The highest BCUT2D eigenvalue weighted by Crippen LogP contribution is 2.27. The molecule has 2 nitrogen and oxygen atoms in total. The third-order valence-electron chi connectivity index (χ3n) is 3.54. The Morgan fingerprint density at radius 1 is 1.10 bits per heavy atom. The summed E-state index contributed by atoms with van der Waals surface area (Å²) in [6.07, 6.45) is 0. The van der Waals surface area contributed by atoms with Crippen LogP contribution >= 0.6 is 15.9 Å². The fourth-order valence-electron chi connectivity index (χ4n) is 2.33. The maximum atomic E-state index is 5.78. The van der Waals surface area contributed by atoms with Crippen LogP contribution in [0.3, 0.4) is 0 Å². The van der Waals surface area contributed by atoms with E-state index in [1.54, 1.807) is 0 Å². The summed E-state index contributed by atoms with van der Waals surface area (Å²) in [6, 6.07) is 14.5. The molecule has 0 radical (unpaired) electrons. The van der Waals surface area contributed by atoms with Crippen LogP contribution in [0.15, 0.2) is 51.4 Å². The number of benzene rings is 2. The van der Waals surface area contributed by atoms with Gasteiger partial charge in [0.2, 0.25) is 0 Å². The summed E-state index contributed by atoms with van der Waals surface area (Å²) in [7, 11) is 0. The van der Waals surface area contributed by atoms with Crippen molar-refractivity contribution in [3.05, 3.63) is 63.8 Å². The van der Waals surface area contributed by atoms with Crippen LogP contribution in [0.2, 0.25) is 0 Å². The van der Waals surface area contributed by atoms with Gasteiger partial charge < -0.3 is 9.73 Å². The monoisotopic (exact) mass is 329 g/mol. The summed E-state index contributed by atoms with van der Waals surface area (Å²) < 4.78 is 6.90. The summed E-state index contributed by atoms with van der Waals surface area (Å²) in [5.41, 5.74) is 4.51. The molecular formula is C17H16BrNO. The summed E-state index contributed by atoms with van der Waals surface area (Å²) in [5.74, 6) is 0.977. The maximum absolute atomic E-state index is 5.78. The number of nitrogens with one attached hydrogen (secondary N) is 1. The topological polar surface area (TPSA) is 25.2 Å². The lowest BCUT2D eigenvalue weighted by Crippen LogP contribution is -2.00. The van der Waals surface area contributed by atoms with Crippen molar-refractivity contribution in [2.24, 2.45) is 0 Å². The number of para-hydroxylation sites is 1. The molecule has 0 spiro atoms. The van der Waals surface area contributed by atoms with Crippen molar-refractivity contribution in [2.45, 2.75) is 20.4 Å². The largest absolute Gasteiger partial charge is 0.461 e. The van der Waals surface area contributed by atoms with E-state index in [1.807, 2.05) is 25.1 Å². The van der Waals surface area contributed by atoms with Gasteiger partial charge in [-0.25, -0.2) is 0 Å². The second-order valence-electron chi connectivity index (χ2n) is 4.95. The first-order valence-electron chi connectivity index (χ1n) is 6.62. The fraction of sp³-hybridized carbons (Fsp3) is 0.176. The zero-order valence-electron chi connectivity index (χ0n) is 11.5. The van der Waals surface area contributed by atoms with Crippen molar-refractivity contribution in [1.29, 1.82) is 0 Å². The van der Waals surface area contributed by atoms with Gasteiger partial charge in [0, 0.05) is 27.7 Å². The summed E-state index contributed by atoms with van der Waals surface area (Å²) in [4.78, 5) is 0. The Hall–Kier alpha value is -1.74. The number of aryl methyl sites for hydroxylation is 2. The molecule has 0 bridgehead atoms. The molecule has 0 saturated heterocycles. The van der Waals surface area contributed by atoms with Crippen LogP contribution in [0.4, 0.5) is 5.69 Å². The van der Waals surface area contributed by atoms with Gasteiger partial charge in [-0.2, -0.15) is 0 Å². The average molecular weight is 330 g/mol. The number of halogens is 1. The van der Waals surface area contributed by atoms with Gasteiger partial charge in [-0.15, -0.1) is 0 Å². The molecule has 3 rings (SSSR count). The zero-order chi connectivity index (χ0) is 14.1. The Bertz CT molecular complexity index is 761. The molecule has 1 N–H and O–H groups in total. The lowest BCUT2D eigenvalue weighted by Gasteiger charge is -2.08. The Kier molecular flexibility index (Phi) is 3.53. The predicted octanol–water partition coefficient (Wildman–Crippen LogP) is 5.42. The first-order chi connectivity index (χ1) is 9.65. The highest BCUT2D eigenvalue weighted by Gasteiger charge is 2.09. The van der Waals surface area contributed by atoms with Crippen molar-refractivity contribution < 1.29 is 4.42 Å². The molecule has 0 aliphatic heterocycles. The molecule has 3 aromatic rings. The van der Waals surface area contributed by atoms with Crippen molar-refractivity contribution in [3.63, 3.8) is 0 Å². The van der Waals surface area contributed by atoms with Gasteiger partial charge in [0.15, 0.2) is 0 Å². The Labute approximate surface area is 126 Å². The lowest BCUT2D eigenvalue weighted by molar-refractivity contribution is 0.573. The molecule has 3 heteroatoms. The minimum atomic E-state index is 0.762. The molecule has 102 valence electrons. The molecule has 1 heterocycles. The van der Waals surface area contributed by atoms with Gasteiger partial charge in [0.05, 0.1) is 0 Å². The second-order valence-corrected chi connectivity index (χ2v) is 5.80.